The number of unbranched alkanes of at least 4 members (excludes halogenated alkanes) is 13. The maximum Gasteiger partial charge on any atom is 0.343 e. The number of rotatable bonds is 21. The Morgan fingerprint density at radius 2 is 1.15 bits per heavy atom. The first kappa shape index (κ1) is 32.3. The van der Waals surface area contributed by atoms with Gasteiger partial charge in [-0.05, 0) is 55.3 Å². The predicted octanol–water partition coefficient (Wildman–Crippen LogP) is 9.61. The standard InChI is InChI=1S/C33H47FO5/c1-3-5-7-9-11-13-15-17-25-37-31-24-19-27(26-30(31)34)33(36)39-29-22-20-28(21-23-29)38-32(35)18-16-14-12-10-8-6-4-2/h19-24,26H,3-18,25H2,1-2H3. The van der Waals surface area contributed by atoms with E-state index in [1.807, 2.05) is 0 Å². The van der Waals surface area contributed by atoms with Gasteiger partial charge in [0.15, 0.2) is 11.6 Å². The summed E-state index contributed by atoms with van der Waals surface area (Å²) in [4.78, 5) is 24.5. The number of benzene rings is 2. The normalized spacial score (nSPS) is 10.8. The van der Waals surface area contributed by atoms with E-state index in [2.05, 4.69) is 13.8 Å². The van der Waals surface area contributed by atoms with E-state index >= 15 is 0 Å². The van der Waals surface area contributed by atoms with Gasteiger partial charge < -0.3 is 14.2 Å². The first-order chi connectivity index (χ1) is 19.0. The number of hydrogen-bond donors (Lipinski definition) is 0. The first-order valence-corrected chi connectivity index (χ1v) is 15.0. The number of carbonyl (C=O) groups excluding carboxylic acids is 2. The third kappa shape index (κ3) is 14.2. The van der Waals surface area contributed by atoms with Gasteiger partial charge in [0.05, 0.1) is 12.2 Å². The Labute approximate surface area is 234 Å². The molecular formula is C33H47FO5. The van der Waals surface area contributed by atoms with Crippen LogP contribution in [0.15, 0.2) is 42.5 Å². The number of carbonyl (C=O) groups is 2. The molecule has 0 amide bonds. The van der Waals surface area contributed by atoms with Crippen molar-refractivity contribution in [2.24, 2.45) is 0 Å². The van der Waals surface area contributed by atoms with E-state index in [1.54, 1.807) is 24.3 Å². The van der Waals surface area contributed by atoms with Gasteiger partial charge in [-0.1, -0.05) is 97.3 Å². The largest absolute Gasteiger partial charge is 0.491 e. The quantitative estimate of drug-likeness (QED) is 0.0893. The molecule has 2 aromatic rings. The average molecular weight is 543 g/mol. The summed E-state index contributed by atoms with van der Waals surface area (Å²) >= 11 is 0. The maximum absolute atomic E-state index is 14.5. The molecule has 6 heteroatoms. The fraction of sp³-hybridized carbons (Fsp3) is 0.576. The molecule has 0 aromatic heterocycles. The van der Waals surface area contributed by atoms with Crippen molar-refractivity contribution < 1.29 is 28.2 Å². The van der Waals surface area contributed by atoms with Crippen molar-refractivity contribution in [2.75, 3.05) is 6.61 Å². The van der Waals surface area contributed by atoms with E-state index in [-0.39, 0.29) is 23.0 Å². The SMILES string of the molecule is CCCCCCCCCCOc1ccc(C(=O)Oc2ccc(OC(=O)CCCCCCCCC)cc2)cc1F. The Morgan fingerprint density at radius 3 is 1.72 bits per heavy atom. The van der Waals surface area contributed by atoms with Gasteiger partial charge in [-0.25, -0.2) is 9.18 Å². The molecule has 0 saturated heterocycles. The van der Waals surface area contributed by atoms with Crippen LogP contribution in [-0.4, -0.2) is 18.5 Å². The van der Waals surface area contributed by atoms with E-state index < -0.39 is 11.8 Å². The Kier molecular flexibility index (Phi) is 16.6. The predicted molar refractivity (Wildman–Crippen MR) is 154 cm³/mol. The van der Waals surface area contributed by atoms with Crippen molar-refractivity contribution in [3.8, 4) is 17.2 Å². The molecule has 0 N–H and O–H groups in total. The monoisotopic (exact) mass is 542 g/mol. The van der Waals surface area contributed by atoms with Gasteiger partial charge in [0.25, 0.3) is 0 Å². The fourth-order valence-electron chi connectivity index (χ4n) is 4.31. The minimum atomic E-state index is -0.674. The van der Waals surface area contributed by atoms with Crippen molar-refractivity contribution in [3.63, 3.8) is 0 Å². The lowest BCUT2D eigenvalue weighted by atomic mass is 10.1. The summed E-state index contributed by atoms with van der Waals surface area (Å²) < 4.78 is 30.7. The number of ether oxygens (including phenoxy) is 3. The molecule has 216 valence electrons. The van der Waals surface area contributed by atoms with E-state index in [0.29, 0.717) is 18.8 Å². The fourth-order valence-corrected chi connectivity index (χ4v) is 4.31. The van der Waals surface area contributed by atoms with Crippen molar-refractivity contribution in [2.45, 2.75) is 117 Å². The van der Waals surface area contributed by atoms with Crippen LogP contribution in [0, 0.1) is 5.82 Å². The molecule has 0 unspecified atom stereocenters. The van der Waals surface area contributed by atoms with Gasteiger partial charge in [-0.2, -0.15) is 0 Å². The summed E-state index contributed by atoms with van der Waals surface area (Å²) in [5.74, 6) is -0.723. The van der Waals surface area contributed by atoms with Crippen LogP contribution < -0.4 is 14.2 Å². The Morgan fingerprint density at radius 1 is 0.641 bits per heavy atom. The molecule has 2 aromatic carbocycles. The Balaban J connectivity index is 1.68. The summed E-state index contributed by atoms with van der Waals surface area (Å²) in [6.07, 6.45) is 17.8. The minimum Gasteiger partial charge on any atom is -0.491 e. The van der Waals surface area contributed by atoms with Gasteiger partial charge in [-0.15, -0.1) is 0 Å². The smallest absolute Gasteiger partial charge is 0.343 e. The summed E-state index contributed by atoms with van der Waals surface area (Å²) in [5, 5.41) is 0. The summed E-state index contributed by atoms with van der Waals surface area (Å²) in [5.41, 5.74) is 0.0946. The van der Waals surface area contributed by atoms with E-state index in [0.717, 1.165) is 38.2 Å². The van der Waals surface area contributed by atoms with Crippen LogP contribution in [0.25, 0.3) is 0 Å². The third-order valence-electron chi connectivity index (χ3n) is 6.67. The molecule has 0 radical (unpaired) electrons. The van der Waals surface area contributed by atoms with Crippen molar-refractivity contribution in [1.82, 2.24) is 0 Å². The zero-order valence-electron chi connectivity index (χ0n) is 24.0. The van der Waals surface area contributed by atoms with Gasteiger partial charge in [-0.3, -0.25) is 4.79 Å². The molecule has 2 rings (SSSR count). The lowest BCUT2D eigenvalue weighted by molar-refractivity contribution is -0.134. The van der Waals surface area contributed by atoms with Gasteiger partial charge in [0.2, 0.25) is 0 Å². The Bertz CT molecular complexity index is 957. The number of halogens is 1. The Hall–Kier alpha value is -2.89. The molecular weight excluding hydrogens is 495 g/mol. The summed E-state index contributed by atoms with van der Waals surface area (Å²) in [6.45, 7) is 4.86. The summed E-state index contributed by atoms with van der Waals surface area (Å²) in [6, 6.07) is 10.3. The topological polar surface area (TPSA) is 61.8 Å². The maximum atomic E-state index is 14.5. The lowest BCUT2D eigenvalue weighted by Gasteiger charge is -2.09. The molecule has 39 heavy (non-hydrogen) atoms. The molecule has 0 fully saturated rings. The van der Waals surface area contributed by atoms with Gasteiger partial charge >= 0.3 is 11.9 Å². The van der Waals surface area contributed by atoms with E-state index in [1.165, 1.54) is 76.3 Å². The molecule has 0 aliphatic rings. The molecule has 0 spiro atoms. The van der Waals surface area contributed by atoms with Gasteiger partial charge in [0, 0.05) is 6.42 Å². The van der Waals surface area contributed by atoms with Crippen molar-refractivity contribution in [3.05, 3.63) is 53.8 Å². The highest BCUT2D eigenvalue weighted by molar-refractivity contribution is 5.91. The van der Waals surface area contributed by atoms with E-state index in [9.17, 15) is 14.0 Å². The second kappa shape index (κ2) is 20.1. The molecule has 0 saturated carbocycles. The van der Waals surface area contributed by atoms with Crippen LogP contribution in [0.3, 0.4) is 0 Å². The van der Waals surface area contributed by atoms with Crippen LogP contribution in [0.2, 0.25) is 0 Å². The molecule has 5 nitrogen and oxygen atoms in total. The molecule has 0 atom stereocenters. The van der Waals surface area contributed by atoms with Crippen molar-refractivity contribution in [1.29, 1.82) is 0 Å². The van der Waals surface area contributed by atoms with Crippen LogP contribution in [0.4, 0.5) is 4.39 Å². The molecule has 0 heterocycles. The first-order valence-electron chi connectivity index (χ1n) is 15.0. The third-order valence-corrected chi connectivity index (χ3v) is 6.67. The molecule has 0 aliphatic heterocycles. The zero-order valence-corrected chi connectivity index (χ0v) is 24.0. The average Bonchev–Trinajstić information content (AvgIpc) is 2.93. The molecule has 0 bridgehead atoms. The van der Waals surface area contributed by atoms with E-state index in [4.69, 9.17) is 14.2 Å². The number of esters is 2. The van der Waals surface area contributed by atoms with Gasteiger partial charge in [0.1, 0.15) is 11.5 Å². The highest BCUT2D eigenvalue weighted by Crippen LogP contribution is 2.22. The molecule has 0 aliphatic carbocycles. The van der Waals surface area contributed by atoms with Crippen LogP contribution in [-0.2, 0) is 4.79 Å². The number of hydrogen-bond acceptors (Lipinski definition) is 5. The highest BCUT2D eigenvalue weighted by atomic mass is 19.1. The minimum absolute atomic E-state index is 0.0946. The second-order valence-corrected chi connectivity index (χ2v) is 10.2. The van der Waals surface area contributed by atoms with Crippen LogP contribution >= 0.6 is 0 Å². The highest BCUT2D eigenvalue weighted by Gasteiger charge is 2.13. The summed E-state index contributed by atoms with van der Waals surface area (Å²) in [7, 11) is 0. The second-order valence-electron chi connectivity index (χ2n) is 10.2. The van der Waals surface area contributed by atoms with Crippen molar-refractivity contribution >= 4 is 11.9 Å². The lowest BCUT2D eigenvalue weighted by Crippen LogP contribution is -2.10. The van der Waals surface area contributed by atoms with Crippen LogP contribution in [0.1, 0.15) is 127 Å². The van der Waals surface area contributed by atoms with Crippen LogP contribution in [0.5, 0.6) is 17.2 Å². The zero-order chi connectivity index (χ0) is 28.1.